The third-order valence-corrected chi connectivity index (χ3v) is 3.76. The van der Waals surface area contributed by atoms with Gasteiger partial charge >= 0.3 is 0 Å². The molecular formula is C17H24. The summed E-state index contributed by atoms with van der Waals surface area (Å²) < 4.78 is 0. The maximum Gasteiger partial charge on any atom is -0.0143 e. The van der Waals surface area contributed by atoms with Gasteiger partial charge in [-0.05, 0) is 45.6 Å². The van der Waals surface area contributed by atoms with Gasteiger partial charge < -0.3 is 0 Å². The molecule has 0 atom stereocenters. The SMILES string of the molecule is CC(C)C1=CC2=C(C(C)C)C=C(C(C)C)C2=C1. The smallest absolute Gasteiger partial charge is 0.0143 e. The Kier molecular flexibility index (Phi) is 3.16. The average molecular weight is 228 g/mol. The van der Waals surface area contributed by atoms with E-state index in [0.29, 0.717) is 17.8 Å². The van der Waals surface area contributed by atoms with Gasteiger partial charge in [0.25, 0.3) is 0 Å². The van der Waals surface area contributed by atoms with E-state index in [-0.39, 0.29) is 0 Å². The third kappa shape index (κ3) is 2.06. The molecule has 0 N–H and O–H groups in total. The van der Waals surface area contributed by atoms with Crippen molar-refractivity contribution in [1.82, 2.24) is 0 Å². The van der Waals surface area contributed by atoms with Crippen molar-refractivity contribution in [1.29, 1.82) is 0 Å². The molecule has 0 aromatic carbocycles. The average Bonchev–Trinajstić information content (AvgIpc) is 2.72. The number of hydrogen-bond donors (Lipinski definition) is 0. The zero-order valence-corrected chi connectivity index (χ0v) is 12.0. The van der Waals surface area contributed by atoms with Crippen molar-refractivity contribution in [2.45, 2.75) is 41.5 Å². The zero-order chi connectivity index (χ0) is 12.7. The van der Waals surface area contributed by atoms with Crippen molar-refractivity contribution >= 4 is 0 Å². The van der Waals surface area contributed by atoms with Gasteiger partial charge in [-0.1, -0.05) is 59.8 Å². The second-order valence-corrected chi connectivity index (χ2v) is 6.14. The summed E-state index contributed by atoms with van der Waals surface area (Å²) >= 11 is 0. The van der Waals surface area contributed by atoms with Crippen LogP contribution in [-0.4, -0.2) is 0 Å². The third-order valence-electron chi connectivity index (χ3n) is 3.76. The molecule has 0 aromatic rings. The molecule has 0 radical (unpaired) electrons. The topological polar surface area (TPSA) is 0 Å². The van der Waals surface area contributed by atoms with Crippen LogP contribution in [0.3, 0.4) is 0 Å². The standard InChI is InChI=1S/C17H24/c1-10(2)13-7-16-14(11(3)4)9-15(12(5)6)17(16)8-13/h7-12H,1-6H3. The first kappa shape index (κ1) is 12.4. The summed E-state index contributed by atoms with van der Waals surface area (Å²) in [5.74, 6) is 1.86. The molecule has 0 nitrogen and oxygen atoms in total. The largest absolute Gasteiger partial charge is 0.0587 e. The Morgan fingerprint density at radius 1 is 0.706 bits per heavy atom. The maximum absolute atomic E-state index is 2.42. The molecule has 0 spiro atoms. The van der Waals surface area contributed by atoms with E-state index in [0.717, 1.165) is 0 Å². The van der Waals surface area contributed by atoms with E-state index in [9.17, 15) is 0 Å². The highest BCUT2D eigenvalue weighted by Gasteiger charge is 2.27. The van der Waals surface area contributed by atoms with Crippen LogP contribution in [0, 0.1) is 17.8 Å². The summed E-state index contributed by atoms with van der Waals surface area (Å²) in [6, 6.07) is 0. The predicted octanol–water partition coefficient (Wildman–Crippen LogP) is 5.06. The molecule has 0 aromatic heterocycles. The lowest BCUT2D eigenvalue weighted by Crippen LogP contribution is -1.94. The van der Waals surface area contributed by atoms with Gasteiger partial charge in [0, 0.05) is 0 Å². The molecule has 0 unspecified atom stereocenters. The van der Waals surface area contributed by atoms with Crippen molar-refractivity contribution in [3.05, 3.63) is 46.1 Å². The fourth-order valence-corrected chi connectivity index (χ4v) is 2.62. The van der Waals surface area contributed by atoms with E-state index >= 15 is 0 Å². The van der Waals surface area contributed by atoms with Crippen LogP contribution in [0.4, 0.5) is 0 Å². The van der Waals surface area contributed by atoms with Gasteiger partial charge in [-0.2, -0.15) is 0 Å². The van der Waals surface area contributed by atoms with Crippen LogP contribution >= 0.6 is 0 Å². The molecule has 92 valence electrons. The highest BCUT2D eigenvalue weighted by atomic mass is 14.3. The molecule has 0 fully saturated rings. The highest BCUT2D eigenvalue weighted by Crippen LogP contribution is 2.44. The minimum Gasteiger partial charge on any atom is -0.0587 e. The minimum atomic E-state index is 0.618. The fourth-order valence-electron chi connectivity index (χ4n) is 2.62. The van der Waals surface area contributed by atoms with Crippen LogP contribution in [0.25, 0.3) is 0 Å². The fraction of sp³-hybridized carbons (Fsp3) is 0.529. The van der Waals surface area contributed by atoms with E-state index in [1.807, 2.05) is 0 Å². The lowest BCUT2D eigenvalue weighted by Gasteiger charge is -2.09. The Balaban J connectivity index is 2.47. The Bertz CT molecular complexity index is 448. The van der Waals surface area contributed by atoms with Crippen LogP contribution in [0.5, 0.6) is 0 Å². The van der Waals surface area contributed by atoms with Crippen molar-refractivity contribution in [2.75, 3.05) is 0 Å². The molecule has 0 saturated heterocycles. The van der Waals surface area contributed by atoms with Crippen LogP contribution in [0.2, 0.25) is 0 Å². The summed E-state index contributed by atoms with van der Waals surface area (Å²) in [7, 11) is 0. The monoisotopic (exact) mass is 228 g/mol. The summed E-state index contributed by atoms with van der Waals surface area (Å²) in [4.78, 5) is 0. The van der Waals surface area contributed by atoms with Crippen LogP contribution in [0.1, 0.15) is 41.5 Å². The van der Waals surface area contributed by atoms with Gasteiger partial charge in [-0.3, -0.25) is 0 Å². The van der Waals surface area contributed by atoms with E-state index in [1.54, 1.807) is 0 Å². The lowest BCUT2D eigenvalue weighted by atomic mass is 9.96. The second-order valence-electron chi connectivity index (χ2n) is 6.14. The van der Waals surface area contributed by atoms with Crippen LogP contribution < -0.4 is 0 Å². The maximum atomic E-state index is 2.42. The number of rotatable bonds is 3. The summed E-state index contributed by atoms with van der Waals surface area (Å²) in [6.07, 6.45) is 7.23. The molecule has 0 amide bonds. The minimum absolute atomic E-state index is 0.618. The first-order valence-corrected chi connectivity index (χ1v) is 6.81. The molecule has 0 aliphatic heterocycles. The van der Waals surface area contributed by atoms with Gasteiger partial charge in [-0.15, -0.1) is 0 Å². The first-order chi connectivity index (χ1) is 7.91. The molecule has 17 heavy (non-hydrogen) atoms. The van der Waals surface area contributed by atoms with Crippen LogP contribution in [-0.2, 0) is 0 Å². The Hall–Kier alpha value is -1.04. The van der Waals surface area contributed by atoms with Crippen LogP contribution in [0.15, 0.2) is 46.1 Å². The van der Waals surface area contributed by atoms with E-state index in [2.05, 4.69) is 59.8 Å². The van der Waals surface area contributed by atoms with E-state index < -0.39 is 0 Å². The molecule has 2 aliphatic rings. The molecule has 0 heterocycles. The Morgan fingerprint density at radius 2 is 1.35 bits per heavy atom. The first-order valence-electron chi connectivity index (χ1n) is 6.81. The van der Waals surface area contributed by atoms with Crippen molar-refractivity contribution < 1.29 is 0 Å². The molecule has 2 aliphatic carbocycles. The second kappa shape index (κ2) is 4.33. The van der Waals surface area contributed by atoms with Gasteiger partial charge in [0.1, 0.15) is 0 Å². The van der Waals surface area contributed by atoms with E-state index in [1.165, 1.54) is 27.9 Å². The quantitative estimate of drug-likeness (QED) is 0.633. The summed E-state index contributed by atoms with van der Waals surface area (Å²) in [5.41, 5.74) is 7.52. The van der Waals surface area contributed by atoms with Gasteiger partial charge in [0.15, 0.2) is 0 Å². The lowest BCUT2D eigenvalue weighted by molar-refractivity contribution is 0.769. The van der Waals surface area contributed by atoms with E-state index in [4.69, 9.17) is 0 Å². The van der Waals surface area contributed by atoms with Crippen molar-refractivity contribution in [3.63, 3.8) is 0 Å². The molecule has 2 rings (SSSR count). The molecule has 0 heteroatoms. The Labute approximate surface area is 106 Å². The number of fused-ring (bicyclic) bond motifs is 1. The zero-order valence-electron chi connectivity index (χ0n) is 12.0. The summed E-state index contributed by atoms with van der Waals surface area (Å²) in [5, 5.41) is 0. The summed E-state index contributed by atoms with van der Waals surface area (Å²) in [6.45, 7) is 13.7. The van der Waals surface area contributed by atoms with Gasteiger partial charge in [0.05, 0.1) is 0 Å². The van der Waals surface area contributed by atoms with Gasteiger partial charge in [0.2, 0.25) is 0 Å². The Morgan fingerprint density at radius 3 is 1.82 bits per heavy atom. The van der Waals surface area contributed by atoms with Gasteiger partial charge in [-0.25, -0.2) is 0 Å². The highest BCUT2D eigenvalue weighted by molar-refractivity contribution is 5.70. The molecule has 0 saturated carbocycles. The molecule has 0 bridgehead atoms. The normalized spacial score (nSPS) is 19.2. The molecular weight excluding hydrogens is 204 g/mol. The van der Waals surface area contributed by atoms with Crippen molar-refractivity contribution in [3.8, 4) is 0 Å². The van der Waals surface area contributed by atoms with Crippen molar-refractivity contribution in [2.24, 2.45) is 17.8 Å². The number of allylic oxidation sites excluding steroid dienone is 8. The number of hydrogen-bond acceptors (Lipinski definition) is 0. The predicted molar refractivity (Wildman–Crippen MR) is 75.8 cm³/mol.